The Hall–Kier alpha value is -3.13. The predicted octanol–water partition coefficient (Wildman–Crippen LogP) is 6.01. The Bertz CT molecular complexity index is 1230. The molecule has 0 radical (unpaired) electrons. The van der Waals surface area contributed by atoms with Gasteiger partial charge in [0.25, 0.3) is 5.91 Å². The van der Waals surface area contributed by atoms with Crippen molar-refractivity contribution in [2.24, 2.45) is 5.92 Å². The van der Waals surface area contributed by atoms with Gasteiger partial charge in [0.05, 0.1) is 0 Å². The third-order valence-electron chi connectivity index (χ3n) is 7.18. The summed E-state index contributed by atoms with van der Waals surface area (Å²) in [5, 5.41) is 23.1. The third kappa shape index (κ3) is 8.18. The van der Waals surface area contributed by atoms with E-state index < -0.39 is 0 Å². The molecule has 1 saturated heterocycles. The van der Waals surface area contributed by atoms with Crippen molar-refractivity contribution in [1.82, 2.24) is 10.2 Å². The Labute approximate surface area is 243 Å². The zero-order chi connectivity index (χ0) is 26.5. The Morgan fingerprint density at radius 1 is 1.03 bits per heavy atom. The first kappa shape index (κ1) is 32.1. The van der Waals surface area contributed by atoms with E-state index in [-0.39, 0.29) is 54.2 Å². The number of anilines is 1. The largest absolute Gasteiger partial charge is 0.508 e. The standard InChI is InChI=1S/C30H37N3O4.2ClH/c1-20-7-5-10-28(29(20)35)37-27-13-11-24(12-14-27)30(36)31-23(4)21(2)18-32-15-16-33(22(3)19-32)25-8-6-9-26(34)17-25;;/h5-14,17,21-23,34-35H,15-16,18-19H2,1-4H3,(H,31,36);2*1H/t21?,22-,23-;;/m0../s1. The van der Waals surface area contributed by atoms with Gasteiger partial charge in [-0.1, -0.05) is 25.1 Å². The lowest BCUT2D eigenvalue weighted by Crippen LogP contribution is -2.54. The van der Waals surface area contributed by atoms with Crippen LogP contribution in [0.25, 0.3) is 0 Å². The fourth-order valence-electron chi connectivity index (χ4n) is 4.77. The molecule has 0 spiro atoms. The van der Waals surface area contributed by atoms with Gasteiger partial charge in [-0.2, -0.15) is 0 Å². The van der Waals surface area contributed by atoms with Crippen molar-refractivity contribution in [2.45, 2.75) is 39.8 Å². The van der Waals surface area contributed by atoms with E-state index in [1.54, 1.807) is 36.4 Å². The second kappa shape index (κ2) is 14.3. The smallest absolute Gasteiger partial charge is 0.251 e. The van der Waals surface area contributed by atoms with Crippen molar-refractivity contribution in [3.8, 4) is 23.0 Å². The van der Waals surface area contributed by atoms with Gasteiger partial charge < -0.3 is 25.2 Å². The highest BCUT2D eigenvalue weighted by Gasteiger charge is 2.26. The first-order valence-electron chi connectivity index (χ1n) is 12.9. The summed E-state index contributed by atoms with van der Waals surface area (Å²) >= 11 is 0. The van der Waals surface area contributed by atoms with Crippen molar-refractivity contribution in [1.29, 1.82) is 0 Å². The highest BCUT2D eigenvalue weighted by atomic mass is 35.5. The second-order valence-electron chi connectivity index (χ2n) is 10.1. The quantitative estimate of drug-likeness (QED) is 0.305. The topological polar surface area (TPSA) is 85.3 Å². The summed E-state index contributed by atoms with van der Waals surface area (Å²) in [6.07, 6.45) is 0. The van der Waals surface area contributed by atoms with E-state index in [1.165, 1.54) is 0 Å². The van der Waals surface area contributed by atoms with Crippen LogP contribution in [0.2, 0.25) is 0 Å². The van der Waals surface area contributed by atoms with Crippen molar-refractivity contribution < 1.29 is 19.7 Å². The molecule has 3 N–H and O–H groups in total. The molecule has 1 heterocycles. The minimum absolute atomic E-state index is 0. The molecule has 1 aliphatic rings. The number of aryl methyl sites for hydroxylation is 1. The number of phenolic OH excluding ortho intramolecular Hbond substituents is 2. The summed E-state index contributed by atoms with van der Waals surface area (Å²) in [7, 11) is 0. The van der Waals surface area contributed by atoms with Crippen molar-refractivity contribution in [2.75, 3.05) is 31.1 Å². The number of hydrogen-bond acceptors (Lipinski definition) is 6. The number of nitrogens with one attached hydrogen (secondary N) is 1. The molecule has 1 amide bonds. The monoisotopic (exact) mass is 575 g/mol. The van der Waals surface area contributed by atoms with Crippen LogP contribution in [0.3, 0.4) is 0 Å². The summed E-state index contributed by atoms with van der Waals surface area (Å²) in [6.45, 7) is 11.9. The summed E-state index contributed by atoms with van der Waals surface area (Å²) < 4.78 is 5.78. The normalized spacial score (nSPS) is 16.8. The lowest BCUT2D eigenvalue weighted by molar-refractivity contribution is 0.0917. The number of hydrogen-bond donors (Lipinski definition) is 3. The van der Waals surface area contributed by atoms with Crippen LogP contribution in [0.5, 0.6) is 23.0 Å². The van der Waals surface area contributed by atoms with Crippen molar-refractivity contribution >= 4 is 36.4 Å². The Balaban J connectivity index is 0.00000267. The minimum Gasteiger partial charge on any atom is -0.508 e. The number of carbonyl (C=O) groups is 1. The molecule has 1 unspecified atom stereocenters. The number of aromatic hydroxyl groups is 2. The predicted molar refractivity (Wildman–Crippen MR) is 161 cm³/mol. The van der Waals surface area contributed by atoms with E-state index >= 15 is 0 Å². The first-order chi connectivity index (χ1) is 17.7. The molecule has 212 valence electrons. The number of nitrogens with zero attached hydrogens (tertiary/aromatic N) is 2. The fourth-order valence-corrected chi connectivity index (χ4v) is 4.77. The van der Waals surface area contributed by atoms with E-state index in [2.05, 4.69) is 29.0 Å². The van der Waals surface area contributed by atoms with Gasteiger partial charge in [0.1, 0.15) is 11.5 Å². The number of phenols is 2. The van der Waals surface area contributed by atoms with Gasteiger partial charge in [0.2, 0.25) is 0 Å². The van der Waals surface area contributed by atoms with Crippen LogP contribution in [-0.2, 0) is 0 Å². The van der Waals surface area contributed by atoms with Crippen LogP contribution >= 0.6 is 24.8 Å². The Morgan fingerprint density at radius 3 is 2.38 bits per heavy atom. The number of para-hydroxylation sites is 1. The van der Waals surface area contributed by atoms with Gasteiger partial charge in [0.15, 0.2) is 11.5 Å². The van der Waals surface area contributed by atoms with Gasteiger partial charge in [-0.3, -0.25) is 9.69 Å². The molecule has 0 aliphatic carbocycles. The lowest BCUT2D eigenvalue weighted by Gasteiger charge is -2.42. The van der Waals surface area contributed by atoms with Crippen molar-refractivity contribution in [3.63, 3.8) is 0 Å². The van der Waals surface area contributed by atoms with E-state index in [9.17, 15) is 15.0 Å². The molecule has 4 rings (SSSR count). The first-order valence-corrected chi connectivity index (χ1v) is 12.9. The number of halogens is 2. The summed E-state index contributed by atoms with van der Waals surface area (Å²) in [5.74, 6) is 1.50. The molecular formula is C30H39Cl2N3O4. The van der Waals surface area contributed by atoms with Crippen LogP contribution in [0.15, 0.2) is 66.7 Å². The molecule has 0 bridgehead atoms. The van der Waals surface area contributed by atoms with Gasteiger partial charge in [-0.15, -0.1) is 24.8 Å². The number of carbonyl (C=O) groups excluding carboxylic acids is 1. The molecule has 39 heavy (non-hydrogen) atoms. The molecule has 7 nitrogen and oxygen atoms in total. The van der Waals surface area contributed by atoms with Crippen LogP contribution < -0.4 is 15.0 Å². The molecule has 3 atom stereocenters. The highest BCUT2D eigenvalue weighted by molar-refractivity contribution is 5.94. The molecule has 0 aromatic heterocycles. The summed E-state index contributed by atoms with van der Waals surface area (Å²) in [6, 6.07) is 20.0. The molecule has 1 aliphatic heterocycles. The van der Waals surface area contributed by atoms with E-state index in [4.69, 9.17) is 4.74 Å². The molecular weight excluding hydrogens is 537 g/mol. The number of amides is 1. The molecule has 1 fully saturated rings. The lowest BCUT2D eigenvalue weighted by atomic mass is 10.0. The maximum Gasteiger partial charge on any atom is 0.251 e. The molecule has 0 saturated carbocycles. The molecule has 3 aromatic carbocycles. The summed E-state index contributed by atoms with van der Waals surface area (Å²) in [4.78, 5) is 17.6. The molecule has 9 heteroatoms. The fraction of sp³-hybridized carbons (Fsp3) is 0.367. The van der Waals surface area contributed by atoms with E-state index in [0.29, 0.717) is 23.1 Å². The molecule has 3 aromatic rings. The van der Waals surface area contributed by atoms with Crippen LogP contribution in [0.1, 0.15) is 36.7 Å². The van der Waals surface area contributed by atoms with E-state index in [0.717, 1.165) is 37.4 Å². The Kier molecular flexibility index (Phi) is 11.8. The Morgan fingerprint density at radius 2 is 1.72 bits per heavy atom. The number of rotatable bonds is 8. The van der Waals surface area contributed by atoms with Crippen LogP contribution in [-0.4, -0.2) is 59.3 Å². The number of piperazine rings is 1. The minimum atomic E-state index is -0.119. The maximum absolute atomic E-state index is 12.9. The average molecular weight is 577 g/mol. The van der Waals surface area contributed by atoms with E-state index in [1.807, 2.05) is 44.2 Å². The number of ether oxygens (including phenoxy) is 1. The van der Waals surface area contributed by atoms with Crippen molar-refractivity contribution in [3.05, 3.63) is 77.9 Å². The highest BCUT2D eigenvalue weighted by Crippen LogP contribution is 2.33. The SMILES string of the molecule is Cc1cccc(Oc2ccc(C(=O)N[C@@H](C)C(C)CN3CCN(c4cccc(O)c4)[C@@H](C)C3)cc2)c1O.Cl.Cl. The van der Waals surface area contributed by atoms with Crippen LogP contribution in [0.4, 0.5) is 5.69 Å². The van der Waals surface area contributed by atoms with Gasteiger partial charge in [-0.25, -0.2) is 0 Å². The van der Waals surface area contributed by atoms with Crippen LogP contribution in [0, 0.1) is 12.8 Å². The maximum atomic E-state index is 12.9. The summed E-state index contributed by atoms with van der Waals surface area (Å²) in [5.41, 5.74) is 2.35. The van der Waals surface area contributed by atoms with Gasteiger partial charge >= 0.3 is 0 Å². The zero-order valence-electron chi connectivity index (χ0n) is 22.8. The van der Waals surface area contributed by atoms with Gasteiger partial charge in [0, 0.05) is 55.6 Å². The third-order valence-corrected chi connectivity index (χ3v) is 7.18. The zero-order valence-corrected chi connectivity index (χ0v) is 24.5. The number of benzene rings is 3. The van der Waals surface area contributed by atoms with Gasteiger partial charge in [-0.05, 0) is 74.7 Å². The average Bonchev–Trinajstić information content (AvgIpc) is 2.87. The second-order valence-corrected chi connectivity index (χ2v) is 10.1.